The van der Waals surface area contributed by atoms with Crippen LogP contribution in [0.15, 0.2) is 21.9 Å². The van der Waals surface area contributed by atoms with Crippen LogP contribution in [-0.2, 0) is 0 Å². The van der Waals surface area contributed by atoms with Gasteiger partial charge in [-0.2, -0.15) is 0 Å². The van der Waals surface area contributed by atoms with Crippen LogP contribution in [0, 0.1) is 0 Å². The van der Waals surface area contributed by atoms with Crippen molar-refractivity contribution in [1.29, 1.82) is 0 Å². The van der Waals surface area contributed by atoms with E-state index in [2.05, 4.69) is 15.2 Å². The Kier molecular flexibility index (Phi) is 1.00. The predicted molar refractivity (Wildman–Crippen MR) is 39.5 cm³/mol. The summed E-state index contributed by atoms with van der Waals surface area (Å²) in [6.07, 6.45) is 1.44. The molecule has 0 saturated carbocycles. The number of hydrogen-bond donors (Lipinski definition) is 3. The normalized spacial score (nSPS) is 10.5. The minimum atomic E-state index is -0.291. The summed E-state index contributed by atoms with van der Waals surface area (Å²) >= 11 is 0. The number of pyridine rings is 1. The Labute approximate surface area is 60.1 Å². The minimum absolute atomic E-state index is 0.272. The SMILES string of the molecule is O=c1[nH][nH]c2c(=O)[nH]ccc12. The molecule has 0 saturated heterocycles. The van der Waals surface area contributed by atoms with E-state index in [0.29, 0.717) is 5.39 Å². The molecule has 0 aliphatic heterocycles. The molecule has 11 heavy (non-hydrogen) atoms. The number of aromatic nitrogens is 3. The van der Waals surface area contributed by atoms with E-state index < -0.39 is 0 Å². The highest BCUT2D eigenvalue weighted by Gasteiger charge is 2.01. The summed E-state index contributed by atoms with van der Waals surface area (Å²) < 4.78 is 0. The second kappa shape index (κ2) is 1.85. The number of aromatic amines is 3. The fraction of sp³-hybridized carbons (Fsp3) is 0. The monoisotopic (exact) mass is 151 g/mol. The van der Waals surface area contributed by atoms with Gasteiger partial charge in [0.15, 0.2) is 0 Å². The Morgan fingerprint density at radius 1 is 1.09 bits per heavy atom. The van der Waals surface area contributed by atoms with Crippen LogP contribution in [0.2, 0.25) is 0 Å². The van der Waals surface area contributed by atoms with E-state index in [-0.39, 0.29) is 16.6 Å². The Morgan fingerprint density at radius 3 is 2.64 bits per heavy atom. The van der Waals surface area contributed by atoms with Crippen LogP contribution < -0.4 is 11.1 Å². The average molecular weight is 151 g/mol. The van der Waals surface area contributed by atoms with Crippen LogP contribution in [0.3, 0.4) is 0 Å². The molecule has 56 valence electrons. The van der Waals surface area contributed by atoms with Crippen molar-refractivity contribution in [2.24, 2.45) is 0 Å². The Morgan fingerprint density at radius 2 is 1.91 bits per heavy atom. The van der Waals surface area contributed by atoms with Gasteiger partial charge in [0, 0.05) is 6.20 Å². The van der Waals surface area contributed by atoms with Gasteiger partial charge in [0.25, 0.3) is 11.1 Å². The van der Waals surface area contributed by atoms with Crippen LogP contribution in [0.5, 0.6) is 0 Å². The van der Waals surface area contributed by atoms with Crippen molar-refractivity contribution in [2.75, 3.05) is 0 Å². The van der Waals surface area contributed by atoms with E-state index >= 15 is 0 Å². The van der Waals surface area contributed by atoms with Crippen molar-refractivity contribution < 1.29 is 0 Å². The van der Waals surface area contributed by atoms with Crippen molar-refractivity contribution in [2.45, 2.75) is 0 Å². The molecule has 2 heterocycles. The summed E-state index contributed by atoms with van der Waals surface area (Å²) in [4.78, 5) is 24.3. The Bertz CT molecular complexity index is 490. The lowest BCUT2D eigenvalue weighted by atomic mass is 10.3. The van der Waals surface area contributed by atoms with E-state index in [1.54, 1.807) is 6.07 Å². The highest BCUT2D eigenvalue weighted by molar-refractivity contribution is 5.75. The molecule has 2 rings (SSSR count). The zero-order chi connectivity index (χ0) is 7.84. The van der Waals surface area contributed by atoms with Crippen molar-refractivity contribution in [3.63, 3.8) is 0 Å². The molecule has 0 unspecified atom stereocenters. The van der Waals surface area contributed by atoms with Gasteiger partial charge in [-0.05, 0) is 6.07 Å². The molecule has 3 N–H and O–H groups in total. The van der Waals surface area contributed by atoms with Gasteiger partial charge in [-0.25, -0.2) is 0 Å². The van der Waals surface area contributed by atoms with E-state index in [1.807, 2.05) is 0 Å². The van der Waals surface area contributed by atoms with Crippen LogP contribution in [-0.4, -0.2) is 15.2 Å². The van der Waals surface area contributed by atoms with E-state index in [1.165, 1.54) is 6.20 Å². The standard InChI is InChI=1S/C6H5N3O2/c10-5-3-1-2-7-6(11)4(3)8-9-5/h1-2H,(H,7,11)(H2,8,9,10). The number of fused-ring (bicyclic) bond motifs is 1. The third kappa shape index (κ3) is 0.706. The number of rotatable bonds is 0. The lowest BCUT2D eigenvalue weighted by Crippen LogP contribution is -2.05. The van der Waals surface area contributed by atoms with Gasteiger partial charge in [0.1, 0.15) is 5.52 Å². The Hall–Kier alpha value is -1.78. The maximum absolute atomic E-state index is 10.9. The predicted octanol–water partition coefficient (Wildman–Crippen LogP) is -0.456. The van der Waals surface area contributed by atoms with Gasteiger partial charge >= 0.3 is 0 Å². The smallest absolute Gasteiger partial charge is 0.273 e. The van der Waals surface area contributed by atoms with Crippen LogP contribution in [0.4, 0.5) is 0 Å². The lowest BCUT2D eigenvalue weighted by molar-refractivity contribution is 1.07. The van der Waals surface area contributed by atoms with Crippen molar-refractivity contribution in [1.82, 2.24) is 15.2 Å². The topological polar surface area (TPSA) is 81.5 Å². The molecule has 0 aromatic carbocycles. The maximum Gasteiger partial charge on any atom is 0.273 e. The summed E-state index contributed by atoms with van der Waals surface area (Å²) in [6, 6.07) is 1.55. The minimum Gasteiger partial charge on any atom is -0.327 e. The number of H-pyrrole nitrogens is 3. The van der Waals surface area contributed by atoms with Crippen LogP contribution >= 0.6 is 0 Å². The summed E-state index contributed by atoms with van der Waals surface area (Å²) in [5.74, 6) is 0. The molecule has 0 aliphatic rings. The molecule has 0 amide bonds. The van der Waals surface area contributed by atoms with Gasteiger partial charge in [0.2, 0.25) is 0 Å². The second-order valence-corrected chi connectivity index (χ2v) is 2.17. The number of nitrogens with one attached hydrogen (secondary N) is 3. The molecular formula is C6H5N3O2. The molecule has 0 radical (unpaired) electrons. The summed E-state index contributed by atoms with van der Waals surface area (Å²) in [6.45, 7) is 0. The molecule has 0 atom stereocenters. The van der Waals surface area contributed by atoms with Gasteiger partial charge in [-0.1, -0.05) is 0 Å². The van der Waals surface area contributed by atoms with Gasteiger partial charge in [0.05, 0.1) is 5.39 Å². The maximum atomic E-state index is 10.9. The van der Waals surface area contributed by atoms with Crippen molar-refractivity contribution >= 4 is 10.9 Å². The quantitative estimate of drug-likeness (QED) is 0.476. The second-order valence-electron chi connectivity index (χ2n) is 2.17. The zero-order valence-corrected chi connectivity index (χ0v) is 5.47. The fourth-order valence-corrected chi connectivity index (χ4v) is 0.978. The van der Waals surface area contributed by atoms with E-state index in [0.717, 1.165) is 0 Å². The third-order valence-corrected chi connectivity index (χ3v) is 1.51. The lowest BCUT2D eigenvalue weighted by Gasteiger charge is -1.81. The highest BCUT2D eigenvalue weighted by atomic mass is 16.1. The molecule has 2 aromatic heterocycles. The zero-order valence-electron chi connectivity index (χ0n) is 5.47. The molecule has 5 heteroatoms. The summed E-state index contributed by atoms with van der Waals surface area (Å²) in [7, 11) is 0. The van der Waals surface area contributed by atoms with Crippen LogP contribution in [0.1, 0.15) is 0 Å². The van der Waals surface area contributed by atoms with Crippen molar-refractivity contribution in [3.8, 4) is 0 Å². The fourth-order valence-electron chi connectivity index (χ4n) is 0.978. The van der Waals surface area contributed by atoms with Gasteiger partial charge in [-0.3, -0.25) is 19.8 Å². The largest absolute Gasteiger partial charge is 0.327 e. The first kappa shape index (κ1) is 5.96. The highest BCUT2D eigenvalue weighted by Crippen LogP contribution is 1.95. The van der Waals surface area contributed by atoms with Crippen molar-refractivity contribution in [3.05, 3.63) is 33.0 Å². The average Bonchev–Trinajstić information content (AvgIpc) is 2.35. The third-order valence-electron chi connectivity index (χ3n) is 1.51. The molecule has 0 fully saturated rings. The van der Waals surface area contributed by atoms with Gasteiger partial charge in [-0.15, -0.1) is 0 Å². The molecule has 0 bridgehead atoms. The Balaban J connectivity index is 3.19. The summed E-state index contributed by atoms with van der Waals surface area (Å²) in [5, 5.41) is 5.17. The van der Waals surface area contributed by atoms with Crippen LogP contribution in [0.25, 0.3) is 10.9 Å². The molecule has 2 aromatic rings. The molecule has 5 nitrogen and oxygen atoms in total. The van der Waals surface area contributed by atoms with E-state index in [9.17, 15) is 9.59 Å². The van der Waals surface area contributed by atoms with Gasteiger partial charge < -0.3 is 4.98 Å². The van der Waals surface area contributed by atoms with E-state index in [4.69, 9.17) is 0 Å². The molecule has 0 spiro atoms. The molecule has 0 aliphatic carbocycles. The summed E-state index contributed by atoms with van der Waals surface area (Å²) in [5.41, 5.74) is -0.274. The molecular weight excluding hydrogens is 146 g/mol. The number of hydrogen-bond acceptors (Lipinski definition) is 2. The first-order chi connectivity index (χ1) is 5.29. The first-order valence-corrected chi connectivity index (χ1v) is 3.07. The first-order valence-electron chi connectivity index (χ1n) is 3.07.